The molecule has 0 atom stereocenters. The van der Waals surface area contributed by atoms with E-state index in [-0.39, 0.29) is 6.42 Å². The SMILES string of the molecule is CCc1nc(C)c2ccc(CC(=O)O)cn12. The van der Waals surface area contributed by atoms with E-state index in [0.717, 1.165) is 29.0 Å². The Morgan fingerprint density at radius 1 is 1.50 bits per heavy atom. The first kappa shape index (κ1) is 10.7. The summed E-state index contributed by atoms with van der Waals surface area (Å²) in [6, 6.07) is 3.78. The molecule has 0 amide bonds. The van der Waals surface area contributed by atoms with Crippen LogP contribution in [0.1, 0.15) is 24.0 Å². The highest BCUT2D eigenvalue weighted by atomic mass is 16.4. The lowest BCUT2D eigenvalue weighted by molar-refractivity contribution is -0.136. The van der Waals surface area contributed by atoms with Gasteiger partial charge in [-0.3, -0.25) is 4.79 Å². The molecule has 84 valence electrons. The number of fused-ring (bicyclic) bond motifs is 1. The molecule has 0 spiro atoms. The van der Waals surface area contributed by atoms with Gasteiger partial charge in [-0.1, -0.05) is 13.0 Å². The molecule has 0 aliphatic heterocycles. The zero-order chi connectivity index (χ0) is 11.7. The molecule has 0 aromatic carbocycles. The van der Waals surface area contributed by atoms with Crippen LogP contribution in [0.5, 0.6) is 0 Å². The highest BCUT2D eigenvalue weighted by Crippen LogP contribution is 2.14. The van der Waals surface area contributed by atoms with Crippen LogP contribution >= 0.6 is 0 Å². The molecule has 0 fully saturated rings. The second-order valence-corrected chi connectivity index (χ2v) is 3.83. The summed E-state index contributed by atoms with van der Waals surface area (Å²) < 4.78 is 1.98. The summed E-state index contributed by atoms with van der Waals surface area (Å²) in [7, 11) is 0. The van der Waals surface area contributed by atoms with Crippen molar-refractivity contribution in [3.8, 4) is 0 Å². The fraction of sp³-hybridized carbons (Fsp3) is 0.333. The number of aryl methyl sites for hydroxylation is 2. The number of carboxylic acid groups (broad SMARTS) is 1. The first-order chi connectivity index (χ1) is 7.61. The Morgan fingerprint density at radius 3 is 2.88 bits per heavy atom. The van der Waals surface area contributed by atoms with E-state index < -0.39 is 5.97 Å². The molecule has 0 aliphatic carbocycles. The van der Waals surface area contributed by atoms with Crippen molar-refractivity contribution in [1.29, 1.82) is 0 Å². The maximum atomic E-state index is 10.6. The van der Waals surface area contributed by atoms with Crippen molar-refractivity contribution >= 4 is 11.5 Å². The average molecular weight is 218 g/mol. The van der Waals surface area contributed by atoms with Crippen LogP contribution < -0.4 is 0 Å². The minimum Gasteiger partial charge on any atom is -0.481 e. The molecule has 4 nitrogen and oxygen atoms in total. The summed E-state index contributed by atoms with van der Waals surface area (Å²) in [5, 5.41) is 8.75. The van der Waals surface area contributed by atoms with E-state index >= 15 is 0 Å². The standard InChI is InChI=1S/C12H14N2O2/c1-3-11-13-8(2)10-5-4-9(6-12(15)16)7-14(10)11/h4-5,7H,3,6H2,1-2H3,(H,15,16). The minimum atomic E-state index is -0.811. The lowest BCUT2D eigenvalue weighted by Crippen LogP contribution is -2.02. The maximum Gasteiger partial charge on any atom is 0.307 e. The number of carboxylic acids is 1. The van der Waals surface area contributed by atoms with Crippen LogP contribution in [0.4, 0.5) is 0 Å². The number of hydrogen-bond acceptors (Lipinski definition) is 2. The lowest BCUT2D eigenvalue weighted by Gasteiger charge is -2.02. The monoisotopic (exact) mass is 218 g/mol. The maximum absolute atomic E-state index is 10.6. The van der Waals surface area contributed by atoms with Gasteiger partial charge in [-0.25, -0.2) is 4.98 Å². The van der Waals surface area contributed by atoms with Crippen molar-refractivity contribution in [2.24, 2.45) is 0 Å². The van der Waals surface area contributed by atoms with Crippen LogP contribution in [-0.2, 0) is 17.6 Å². The van der Waals surface area contributed by atoms with Gasteiger partial charge in [0.05, 0.1) is 17.6 Å². The van der Waals surface area contributed by atoms with E-state index in [0.29, 0.717) is 0 Å². The Balaban J connectivity index is 2.55. The van der Waals surface area contributed by atoms with Crippen LogP contribution in [0, 0.1) is 6.92 Å². The molecular formula is C12H14N2O2. The minimum absolute atomic E-state index is 0.0519. The van der Waals surface area contributed by atoms with E-state index in [4.69, 9.17) is 5.11 Å². The summed E-state index contributed by atoms with van der Waals surface area (Å²) in [5.41, 5.74) is 2.83. The van der Waals surface area contributed by atoms with Gasteiger partial charge in [0.2, 0.25) is 0 Å². The van der Waals surface area contributed by atoms with Crippen LogP contribution in [0.15, 0.2) is 18.3 Å². The zero-order valence-electron chi connectivity index (χ0n) is 9.40. The molecule has 0 radical (unpaired) electrons. The predicted octanol–water partition coefficient (Wildman–Crippen LogP) is 1.83. The molecule has 1 N–H and O–H groups in total. The van der Waals surface area contributed by atoms with Gasteiger partial charge in [0.1, 0.15) is 5.82 Å². The molecule has 2 rings (SSSR count). The molecule has 0 saturated carbocycles. The molecule has 2 heterocycles. The van der Waals surface area contributed by atoms with Gasteiger partial charge < -0.3 is 9.51 Å². The third kappa shape index (κ3) is 1.78. The molecule has 0 aliphatic rings. The first-order valence-electron chi connectivity index (χ1n) is 5.30. The Bertz CT molecular complexity index is 543. The van der Waals surface area contributed by atoms with Crippen molar-refractivity contribution in [3.63, 3.8) is 0 Å². The topological polar surface area (TPSA) is 54.6 Å². The smallest absolute Gasteiger partial charge is 0.307 e. The fourth-order valence-electron chi connectivity index (χ4n) is 1.89. The predicted molar refractivity (Wildman–Crippen MR) is 60.6 cm³/mol. The van der Waals surface area contributed by atoms with Gasteiger partial charge in [0, 0.05) is 12.6 Å². The zero-order valence-corrected chi connectivity index (χ0v) is 9.40. The van der Waals surface area contributed by atoms with E-state index in [1.165, 1.54) is 0 Å². The second kappa shape index (κ2) is 3.96. The van der Waals surface area contributed by atoms with Gasteiger partial charge in [-0.15, -0.1) is 0 Å². The lowest BCUT2D eigenvalue weighted by atomic mass is 10.2. The molecular weight excluding hydrogens is 204 g/mol. The summed E-state index contributed by atoms with van der Waals surface area (Å²) in [4.78, 5) is 15.1. The van der Waals surface area contributed by atoms with Gasteiger partial charge >= 0.3 is 5.97 Å². The molecule has 2 aromatic rings. The Hall–Kier alpha value is -1.84. The van der Waals surface area contributed by atoms with Gasteiger partial charge in [0.15, 0.2) is 0 Å². The van der Waals surface area contributed by atoms with E-state index in [9.17, 15) is 4.79 Å². The number of aliphatic carboxylic acids is 1. The Morgan fingerprint density at radius 2 is 2.25 bits per heavy atom. The number of hydrogen-bond donors (Lipinski definition) is 1. The molecule has 0 saturated heterocycles. The largest absolute Gasteiger partial charge is 0.481 e. The fourth-order valence-corrected chi connectivity index (χ4v) is 1.89. The Labute approximate surface area is 93.5 Å². The van der Waals surface area contributed by atoms with Crippen LogP contribution in [0.3, 0.4) is 0 Å². The highest BCUT2D eigenvalue weighted by molar-refractivity contribution is 5.70. The summed E-state index contributed by atoms with van der Waals surface area (Å²) in [5.74, 6) is 0.161. The number of aromatic nitrogens is 2. The van der Waals surface area contributed by atoms with E-state index in [1.54, 1.807) is 0 Å². The third-order valence-electron chi connectivity index (χ3n) is 2.63. The number of pyridine rings is 1. The van der Waals surface area contributed by atoms with Gasteiger partial charge in [0.25, 0.3) is 0 Å². The van der Waals surface area contributed by atoms with Crippen molar-refractivity contribution in [3.05, 3.63) is 35.4 Å². The van der Waals surface area contributed by atoms with Gasteiger partial charge in [-0.2, -0.15) is 0 Å². The summed E-state index contributed by atoms with van der Waals surface area (Å²) in [6.45, 7) is 4.00. The van der Waals surface area contributed by atoms with Gasteiger partial charge in [-0.05, 0) is 18.6 Å². The third-order valence-corrected chi connectivity index (χ3v) is 2.63. The number of imidazole rings is 1. The highest BCUT2D eigenvalue weighted by Gasteiger charge is 2.08. The van der Waals surface area contributed by atoms with Crippen LogP contribution in [-0.4, -0.2) is 20.5 Å². The van der Waals surface area contributed by atoms with E-state index in [1.807, 2.05) is 36.6 Å². The summed E-state index contributed by atoms with van der Waals surface area (Å²) >= 11 is 0. The van der Waals surface area contributed by atoms with Crippen LogP contribution in [0.25, 0.3) is 5.52 Å². The van der Waals surface area contributed by atoms with Crippen molar-refractivity contribution in [1.82, 2.24) is 9.38 Å². The van der Waals surface area contributed by atoms with Crippen LogP contribution in [0.2, 0.25) is 0 Å². The van der Waals surface area contributed by atoms with Crippen molar-refractivity contribution in [2.75, 3.05) is 0 Å². The number of carbonyl (C=O) groups is 1. The Kier molecular flexibility index (Phi) is 2.64. The normalized spacial score (nSPS) is 10.9. The number of rotatable bonds is 3. The quantitative estimate of drug-likeness (QED) is 0.855. The molecule has 2 aromatic heterocycles. The number of nitrogens with zero attached hydrogens (tertiary/aromatic N) is 2. The first-order valence-corrected chi connectivity index (χ1v) is 5.30. The molecule has 4 heteroatoms. The van der Waals surface area contributed by atoms with E-state index in [2.05, 4.69) is 4.98 Å². The molecule has 0 unspecified atom stereocenters. The molecule has 0 bridgehead atoms. The van der Waals surface area contributed by atoms with Crippen molar-refractivity contribution in [2.45, 2.75) is 26.7 Å². The molecule has 16 heavy (non-hydrogen) atoms. The summed E-state index contributed by atoms with van der Waals surface area (Å²) in [6.07, 6.45) is 2.75. The average Bonchev–Trinajstić information content (AvgIpc) is 2.54. The van der Waals surface area contributed by atoms with Crippen molar-refractivity contribution < 1.29 is 9.90 Å². The second-order valence-electron chi connectivity index (χ2n) is 3.83.